The first-order valence-electron chi connectivity index (χ1n) is 7.44. The van der Waals surface area contributed by atoms with Crippen LogP contribution in [0.4, 0.5) is 0 Å². The number of hydrogen-bond donors (Lipinski definition) is 1. The number of hydrogen-bond acceptors (Lipinski definition) is 5. The quantitative estimate of drug-likeness (QED) is 0.847. The summed E-state index contributed by atoms with van der Waals surface area (Å²) < 4.78 is 48.2. The molecule has 1 saturated heterocycles. The largest absolute Gasteiger partial charge is 0.352 e. The molecule has 23 heavy (non-hydrogen) atoms. The average molecular weight is 359 g/mol. The van der Waals surface area contributed by atoms with E-state index in [-0.39, 0.29) is 40.2 Å². The molecule has 1 amide bonds. The maximum absolute atomic E-state index is 12.6. The van der Waals surface area contributed by atoms with Crippen LogP contribution in [-0.4, -0.2) is 46.0 Å². The molecular weight excluding hydrogens is 338 g/mol. The molecule has 2 rings (SSSR count). The van der Waals surface area contributed by atoms with Gasteiger partial charge in [-0.2, -0.15) is 0 Å². The van der Waals surface area contributed by atoms with Crippen molar-refractivity contribution in [3.05, 3.63) is 29.8 Å². The number of nitrogens with one attached hydrogen (secondary N) is 1. The number of benzene rings is 1. The summed E-state index contributed by atoms with van der Waals surface area (Å²) in [4.78, 5) is 12.0. The van der Waals surface area contributed by atoms with Crippen LogP contribution >= 0.6 is 0 Å². The van der Waals surface area contributed by atoms with Crippen LogP contribution in [0.5, 0.6) is 0 Å². The lowest BCUT2D eigenvalue weighted by Crippen LogP contribution is -2.28. The first-order chi connectivity index (χ1) is 10.6. The van der Waals surface area contributed by atoms with E-state index in [9.17, 15) is 21.6 Å². The summed E-state index contributed by atoms with van der Waals surface area (Å²) in [6, 6.07) is 5.76. The lowest BCUT2D eigenvalue weighted by Gasteiger charge is -2.12. The zero-order valence-electron chi connectivity index (χ0n) is 13.2. The fraction of sp³-hybridized carbons (Fsp3) is 0.533. The number of amides is 1. The van der Waals surface area contributed by atoms with E-state index >= 15 is 0 Å². The second kappa shape index (κ2) is 6.60. The van der Waals surface area contributed by atoms with Gasteiger partial charge in [-0.05, 0) is 30.5 Å². The topological polar surface area (TPSA) is 97.4 Å². The second-order valence-corrected chi connectivity index (χ2v) is 10.7. The molecule has 128 valence electrons. The summed E-state index contributed by atoms with van der Waals surface area (Å²) in [5.74, 6) is -0.505. The molecule has 0 aliphatic carbocycles. The normalized spacial score (nSPS) is 20.6. The van der Waals surface area contributed by atoms with Crippen LogP contribution in [0.25, 0.3) is 0 Å². The minimum absolute atomic E-state index is 0.00297. The number of carbonyl (C=O) groups excluding carboxylic acids is 1. The van der Waals surface area contributed by atoms with Gasteiger partial charge in [0, 0.05) is 12.1 Å². The van der Waals surface area contributed by atoms with E-state index in [1.165, 1.54) is 18.2 Å². The fourth-order valence-electron chi connectivity index (χ4n) is 2.41. The first kappa shape index (κ1) is 17.9. The summed E-state index contributed by atoms with van der Waals surface area (Å²) in [5, 5.41) is 1.80. The molecule has 0 spiro atoms. The number of sulfone groups is 2. The van der Waals surface area contributed by atoms with E-state index in [2.05, 4.69) is 5.32 Å². The molecule has 8 heteroatoms. The lowest BCUT2D eigenvalue weighted by molar-refractivity contribution is 0.0949. The summed E-state index contributed by atoms with van der Waals surface area (Å²) in [7, 11) is -7.05. The van der Waals surface area contributed by atoms with Crippen molar-refractivity contribution in [1.29, 1.82) is 0 Å². The van der Waals surface area contributed by atoms with Gasteiger partial charge >= 0.3 is 0 Å². The van der Waals surface area contributed by atoms with Gasteiger partial charge in [-0.25, -0.2) is 16.8 Å². The minimum Gasteiger partial charge on any atom is -0.352 e. The van der Waals surface area contributed by atoms with E-state index in [4.69, 9.17) is 0 Å². The van der Waals surface area contributed by atoms with Crippen molar-refractivity contribution in [2.24, 2.45) is 5.92 Å². The highest BCUT2D eigenvalue weighted by molar-refractivity contribution is 7.96. The molecule has 1 aliphatic rings. The smallest absolute Gasteiger partial charge is 0.251 e. The Morgan fingerprint density at radius 2 is 2.04 bits per heavy atom. The van der Waals surface area contributed by atoms with Crippen LogP contribution in [0.1, 0.15) is 30.6 Å². The summed E-state index contributed by atoms with van der Waals surface area (Å²) in [5.41, 5.74) is 0.257. The molecule has 0 radical (unpaired) electrons. The van der Waals surface area contributed by atoms with Gasteiger partial charge in [0.1, 0.15) is 0 Å². The predicted octanol–water partition coefficient (Wildman–Crippen LogP) is 1.03. The van der Waals surface area contributed by atoms with Crippen molar-refractivity contribution in [2.45, 2.75) is 30.4 Å². The maximum Gasteiger partial charge on any atom is 0.251 e. The highest BCUT2D eigenvalue weighted by atomic mass is 32.2. The van der Waals surface area contributed by atoms with E-state index < -0.39 is 24.9 Å². The molecule has 0 saturated carbocycles. The third-order valence-electron chi connectivity index (χ3n) is 3.73. The molecule has 0 aromatic heterocycles. The molecular formula is C15H21NO5S2. The van der Waals surface area contributed by atoms with Crippen LogP contribution in [0.3, 0.4) is 0 Å². The van der Waals surface area contributed by atoms with E-state index in [0.717, 1.165) is 0 Å². The van der Waals surface area contributed by atoms with Crippen LogP contribution < -0.4 is 5.32 Å². The summed E-state index contributed by atoms with van der Waals surface area (Å²) >= 11 is 0. The summed E-state index contributed by atoms with van der Waals surface area (Å²) in [6.07, 6.45) is 0.106. The van der Waals surface area contributed by atoms with Crippen LogP contribution in [0.2, 0.25) is 0 Å². The zero-order valence-corrected chi connectivity index (χ0v) is 14.8. The van der Waals surface area contributed by atoms with Crippen molar-refractivity contribution in [3.63, 3.8) is 0 Å². The van der Waals surface area contributed by atoms with Crippen molar-refractivity contribution < 1.29 is 21.6 Å². The third kappa shape index (κ3) is 4.32. The molecule has 1 N–H and O–H groups in total. The van der Waals surface area contributed by atoms with Crippen LogP contribution in [-0.2, 0) is 19.7 Å². The molecule has 1 aromatic rings. The van der Waals surface area contributed by atoms with Gasteiger partial charge in [0.25, 0.3) is 5.91 Å². The van der Waals surface area contributed by atoms with Gasteiger partial charge in [0.05, 0.1) is 21.7 Å². The van der Waals surface area contributed by atoms with Gasteiger partial charge in [-0.3, -0.25) is 4.79 Å². The predicted molar refractivity (Wildman–Crippen MR) is 87.9 cm³/mol. The molecule has 1 fully saturated rings. The van der Waals surface area contributed by atoms with Gasteiger partial charge in [-0.15, -0.1) is 0 Å². The minimum atomic E-state index is -3.76. The average Bonchev–Trinajstić information content (AvgIpc) is 2.85. The second-order valence-electron chi connectivity index (χ2n) is 6.20. The Morgan fingerprint density at radius 3 is 2.61 bits per heavy atom. The van der Waals surface area contributed by atoms with Crippen molar-refractivity contribution in [1.82, 2.24) is 5.32 Å². The third-order valence-corrected chi connectivity index (χ3v) is 7.90. The van der Waals surface area contributed by atoms with E-state index in [1.807, 2.05) is 13.8 Å². The lowest BCUT2D eigenvalue weighted by atomic mass is 10.2. The highest BCUT2D eigenvalue weighted by Gasteiger charge is 2.38. The molecule has 6 nitrogen and oxygen atoms in total. The number of rotatable bonds is 5. The van der Waals surface area contributed by atoms with Crippen LogP contribution in [0, 0.1) is 5.92 Å². The Kier molecular flexibility index (Phi) is 5.15. The summed E-state index contributed by atoms with van der Waals surface area (Å²) in [6.45, 7) is 4.42. The Balaban J connectivity index is 2.24. The van der Waals surface area contributed by atoms with Crippen molar-refractivity contribution in [3.8, 4) is 0 Å². The molecule has 0 bridgehead atoms. The molecule has 1 heterocycles. The van der Waals surface area contributed by atoms with Crippen molar-refractivity contribution >= 4 is 25.6 Å². The Labute approximate surface area is 137 Å². The fourth-order valence-corrected chi connectivity index (χ4v) is 6.82. The van der Waals surface area contributed by atoms with Gasteiger partial charge < -0.3 is 5.32 Å². The molecule has 1 aliphatic heterocycles. The standard InChI is InChI=1S/C15H21NO5S2/c1-11(2)9-16-15(17)12-4-3-5-13(8-12)23(20,21)14-6-7-22(18,19)10-14/h3-5,8,11,14H,6-7,9-10H2,1-2H3,(H,16,17)/t14-/m0/s1. The van der Waals surface area contributed by atoms with Gasteiger partial charge in [-0.1, -0.05) is 19.9 Å². The Morgan fingerprint density at radius 1 is 1.35 bits per heavy atom. The first-order valence-corrected chi connectivity index (χ1v) is 10.8. The molecule has 1 atom stereocenters. The van der Waals surface area contributed by atoms with Crippen LogP contribution in [0.15, 0.2) is 29.2 Å². The number of carbonyl (C=O) groups is 1. The van der Waals surface area contributed by atoms with Crippen molar-refractivity contribution in [2.75, 3.05) is 18.1 Å². The van der Waals surface area contributed by atoms with Gasteiger partial charge in [0.2, 0.25) is 0 Å². The Bertz CT molecular complexity index is 797. The molecule has 1 aromatic carbocycles. The monoisotopic (exact) mass is 359 g/mol. The SMILES string of the molecule is CC(C)CNC(=O)c1cccc(S(=O)(=O)[C@H]2CCS(=O)(=O)C2)c1. The van der Waals surface area contributed by atoms with Gasteiger partial charge in [0.15, 0.2) is 19.7 Å². The highest BCUT2D eigenvalue weighted by Crippen LogP contribution is 2.25. The zero-order chi connectivity index (χ0) is 17.3. The van der Waals surface area contributed by atoms with E-state index in [0.29, 0.717) is 6.54 Å². The Hall–Kier alpha value is -1.41. The van der Waals surface area contributed by atoms with E-state index in [1.54, 1.807) is 6.07 Å². The maximum atomic E-state index is 12.6. The molecule has 0 unspecified atom stereocenters.